The number of hydrogen-bond donors (Lipinski definition) is 0. The van der Waals surface area contributed by atoms with Crippen molar-refractivity contribution in [3.05, 3.63) is 47.2 Å². The maximum Gasteiger partial charge on any atom is 0.416 e. The van der Waals surface area contributed by atoms with E-state index in [1.54, 1.807) is 13.0 Å². The van der Waals surface area contributed by atoms with Crippen molar-refractivity contribution in [3.63, 3.8) is 0 Å². The zero-order valence-corrected chi connectivity index (χ0v) is 9.41. The van der Waals surface area contributed by atoms with Crippen LogP contribution >= 0.6 is 0 Å². The zero-order chi connectivity index (χ0) is 13.3. The third-order valence-electron chi connectivity index (χ3n) is 2.56. The summed E-state index contributed by atoms with van der Waals surface area (Å²) in [6, 6.07) is 6.21. The van der Waals surface area contributed by atoms with Crippen molar-refractivity contribution < 1.29 is 22.4 Å². The molecule has 94 valence electrons. The van der Waals surface area contributed by atoms with Gasteiger partial charge in [0.2, 0.25) is 0 Å². The molecule has 0 unspecified atom stereocenters. The molecule has 0 aliphatic carbocycles. The van der Waals surface area contributed by atoms with Gasteiger partial charge in [-0.15, -0.1) is 0 Å². The SMILES string of the molecule is Cc1cc(-c2ccc(C(F)(F)F)cc2)oc1C=O. The molecule has 0 amide bonds. The number of rotatable bonds is 2. The maximum absolute atomic E-state index is 12.4. The van der Waals surface area contributed by atoms with Gasteiger partial charge < -0.3 is 4.42 Å². The van der Waals surface area contributed by atoms with Crippen molar-refractivity contribution in [2.24, 2.45) is 0 Å². The Labute approximate surface area is 101 Å². The molecule has 1 aromatic carbocycles. The highest BCUT2D eigenvalue weighted by Crippen LogP contribution is 2.31. The van der Waals surface area contributed by atoms with E-state index in [2.05, 4.69) is 0 Å². The van der Waals surface area contributed by atoms with Crippen molar-refractivity contribution in [1.82, 2.24) is 0 Å². The van der Waals surface area contributed by atoms with Gasteiger partial charge in [0.25, 0.3) is 0 Å². The van der Waals surface area contributed by atoms with Crippen molar-refractivity contribution in [2.75, 3.05) is 0 Å². The van der Waals surface area contributed by atoms with Crippen LogP contribution in [0.15, 0.2) is 34.7 Å². The second-order valence-corrected chi connectivity index (χ2v) is 3.85. The van der Waals surface area contributed by atoms with Crippen LogP contribution in [0.2, 0.25) is 0 Å². The number of benzene rings is 1. The number of aryl methyl sites for hydroxylation is 1. The normalized spacial score (nSPS) is 11.6. The van der Waals surface area contributed by atoms with Crippen molar-refractivity contribution >= 4 is 6.29 Å². The average Bonchev–Trinajstić information content (AvgIpc) is 2.69. The second-order valence-electron chi connectivity index (χ2n) is 3.85. The van der Waals surface area contributed by atoms with E-state index in [9.17, 15) is 18.0 Å². The highest BCUT2D eigenvalue weighted by atomic mass is 19.4. The van der Waals surface area contributed by atoms with E-state index in [0.29, 0.717) is 23.2 Å². The predicted molar refractivity (Wildman–Crippen MR) is 59.3 cm³/mol. The van der Waals surface area contributed by atoms with Crippen LogP contribution in [0.3, 0.4) is 0 Å². The zero-order valence-electron chi connectivity index (χ0n) is 9.41. The van der Waals surface area contributed by atoms with Gasteiger partial charge in [0, 0.05) is 5.56 Å². The van der Waals surface area contributed by atoms with Crippen LogP contribution in [0, 0.1) is 6.92 Å². The summed E-state index contributed by atoms with van der Waals surface area (Å²) < 4.78 is 42.4. The Kier molecular flexibility index (Phi) is 2.98. The van der Waals surface area contributed by atoms with Crippen molar-refractivity contribution in [3.8, 4) is 11.3 Å². The summed E-state index contributed by atoms with van der Waals surface area (Å²) in [5.74, 6) is 0.563. The topological polar surface area (TPSA) is 30.2 Å². The first-order valence-electron chi connectivity index (χ1n) is 5.15. The van der Waals surface area contributed by atoms with Crippen LogP contribution in [0.1, 0.15) is 21.7 Å². The van der Waals surface area contributed by atoms with Gasteiger partial charge in [-0.1, -0.05) is 12.1 Å². The van der Waals surface area contributed by atoms with E-state index in [-0.39, 0.29) is 5.76 Å². The molecule has 0 aliphatic heterocycles. The molecular formula is C13H9F3O2. The molecular weight excluding hydrogens is 245 g/mol. The summed E-state index contributed by atoms with van der Waals surface area (Å²) in [7, 11) is 0. The van der Waals surface area contributed by atoms with Gasteiger partial charge in [0.15, 0.2) is 12.0 Å². The highest BCUT2D eigenvalue weighted by molar-refractivity contribution is 5.75. The van der Waals surface area contributed by atoms with E-state index in [0.717, 1.165) is 12.1 Å². The molecule has 0 saturated carbocycles. The minimum Gasteiger partial charge on any atom is -0.453 e. The molecule has 0 spiro atoms. The van der Waals surface area contributed by atoms with E-state index in [1.165, 1.54) is 12.1 Å². The third-order valence-corrected chi connectivity index (χ3v) is 2.56. The summed E-state index contributed by atoms with van der Waals surface area (Å²) >= 11 is 0. The lowest BCUT2D eigenvalue weighted by molar-refractivity contribution is -0.137. The molecule has 5 heteroatoms. The number of alkyl halides is 3. The molecule has 0 radical (unpaired) electrons. The van der Waals surface area contributed by atoms with Gasteiger partial charge in [0.1, 0.15) is 5.76 Å². The fourth-order valence-corrected chi connectivity index (χ4v) is 1.58. The van der Waals surface area contributed by atoms with Crippen LogP contribution in [-0.2, 0) is 6.18 Å². The van der Waals surface area contributed by atoms with Crippen LogP contribution in [0.5, 0.6) is 0 Å². The minimum atomic E-state index is -4.36. The summed E-state index contributed by atoms with van der Waals surface area (Å²) in [5, 5.41) is 0. The number of hydrogen-bond acceptors (Lipinski definition) is 2. The molecule has 0 N–H and O–H groups in total. The predicted octanol–water partition coefficient (Wildman–Crippen LogP) is 4.09. The fraction of sp³-hybridized carbons (Fsp3) is 0.154. The Morgan fingerprint density at radius 2 is 1.78 bits per heavy atom. The molecule has 1 aromatic heterocycles. The first-order valence-corrected chi connectivity index (χ1v) is 5.15. The number of halogens is 3. The van der Waals surface area contributed by atoms with Crippen molar-refractivity contribution in [2.45, 2.75) is 13.1 Å². The van der Waals surface area contributed by atoms with Gasteiger partial charge in [-0.3, -0.25) is 4.79 Å². The second kappa shape index (κ2) is 4.33. The Morgan fingerprint density at radius 1 is 1.17 bits per heavy atom. The van der Waals surface area contributed by atoms with Crippen LogP contribution in [-0.4, -0.2) is 6.29 Å². The van der Waals surface area contributed by atoms with Crippen LogP contribution in [0.4, 0.5) is 13.2 Å². The Morgan fingerprint density at radius 3 is 2.22 bits per heavy atom. The number of carbonyl (C=O) groups is 1. The lowest BCUT2D eigenvalue weighted by Crippen LogP contribution is -2.03. The number of carbonyl (C=O) groups excluding carboxylic acids is 1. The quantitative estimate of drug-likeness (QED) is 0.755. The summed E-state index contributed by atoms with van der Waals surface area (Å²) in [6.07, 6.45) is -3.78. The third kappa shape index (κ3) is 2.30. The lowest BCUT2D eigenvalue weighted by atomic mass is 10.1. The van der Waals surface area contributed by atoms with Crippen LogP contribution in [0.25, 0.3) is 11.3 Å². The largest absolute Gasteiger partial charge is 0.453 e. The van der Waals surface area contributed by atoms with Gasteiger partial charge in [-0.2, -0.15) is 13.2 Å². The van der Waals surface area contributed by atoms with Gasteiger partial charge in [-0.25, -0.2) is 0 Å². The highest BCUT2D eigenvalue weighted by Gasteiger charge is 2.30. The first-order chi connectivity index (χ1) is 8.41. The molecule has 2 rings (SSSR count). The first kappa shape index (κ1) is 12.4. The fourth-order valence-electron chi connectivity index (χ4n) is 1.58. The number of aldehydes is 1. The Hall–Kier alpha value is -2.04. The Bertz CT molecular complexity index is 565. The summed E-state index contributed by atoms with van der Waals surface area (Å²) in [5.41, 5.74) is 0.434. The monoisotopic (exact) mass is 254 g/mol. The van der Waals surface area contributed by atoms with E-state index in [1.807, 2.05) is 0 Å². The van der Waals surface area contributed by atoms with E-state index in [4.69, 9.17) is 4.42 Å². The molecule has 2 aromatic rings. The summed E-state index contributed by atoms with van der Waals surface area (Å²) in [4.78, 5) is 10.6. The van der Waals surface area contributed by atoms with Crippen molar-refractivity contribution in [1.29, 1.82) is 0 Å². The Balaban J connectivity index is 2.37. The van der Waals surface area contributed by atoms with Gasteiger partial charge >= 0.3 is 6.18 Å². The van der Waals surface area contributed by atoms with Gasteiger partial charge in [-0.05, 0) is 30.7 Å². The molecule has 0 saturated heterocycles. The smallest absolute Gasteiger partial charge is 0.416 e. The molecule has 18 heavy (non-hydrogen) atoms. The standard InChI is InChI=1S/C13H9F3O2/c1-8-6-11(18-12(8)7-17)9-2-4-10(5-3-9)13(14,15)16/h2-7H,1H3. The molecule has 0 bridgehead atoms. The van der Waals surface area contributed by atoms with E-state index >= 15 is 0 Å². The average molecular weight is 254 g/mol. The molecule has 0 atom stereocenters. The number of furan rings is 1. The minimum absolute atomic E-state index is 0.185. The summed E-state index contributed by atoms with van der Waals surface area (Å²) in [6.45, 7) is 1.70. The molecule has 1 heterocycles. The lowest BCUT2D eigenvalue weighted by Gasteiger charge is -2.06. The van der Waals surface area contributed by atoms with Gasteiger partial charge in [0.05, 0.1) is 5.56 Å². The molecule has 0 aliphatic rings. The van der Waals surface area contributed by atoms with Crippen LogP contribution < -0.4 is 0 Å². The van der Waals surface area contributed by atoms with E-state index < -0.39 is 11.7 Å². The molecule has 2 nitrogen and oxygen atoms in total. The maximum atomic E-state index is 12.4. The molecule has 0 fully saturated rings.